The summed E-state index contributed by atoms with van der Waals surface area (Å²) in [6, 6.07) is 12.9. The minimum atomic E-state index is -0.870. The van der Waals surface area contributed by atoms with E-state index in [2.05, 4.69) is 10.3 Å². The maximum atomic E-state index is 12.8. The molecule has 1 aromatic heterocycles. The number of esters is 1. The Morgan fingerprint density at radius 2 is 2.04 bits per heavy atom. The summed E-state index contributed by atoms with van der Waals surface area (Å²) in [4.78, 5) is 26.9. The van der Waals surface area contributed by atoms with E-state index in [0.717, 1.165) is 23.2 Å². The summed E-state index contributed by atoms with van der Waals surface area (Å²) in [5.41, 5.74) is 3.86. The standard InChI is InChI=1S/C20H20N4O3/c1-3-24-18-9-8-15(12-16(18)21-22-24)20(26)27-13(2)19(25)23-11-10-14-6-4-5-7-17(14)23/h4-9,12-13H,3,10-11H2,1-2H3/t13-/m1/s1. The van der Waals surface area contributed by atoms with Gasteiger partial charge in [0.05, 0.1) is 11.1 Å². The lowest BCUT2D eigenvalue weighted by Crippen LogP contribution is -2.39. The first-order valence-corrected chi connectivity index (χ1v) is 9.02. The van der Waals surface area contributed by atoms with Crippen LogP contribution in [0, 0.1) is 0 Å². The van der Waals surface area contributed by atoms with E-state index < -0.39 is 12.1 Å². The Bertz CT molecular complexity index is 1030. The first-order valence-electron chi connectivity index (χ1n) is 9.02. The molecule has 2 aromatic carbocycles. The summed E-state index contributed by atoms with van der Waals surface area (Å²) in [7, 11) is 0. The van der Waals surface area contributed by atoms with Crippen molar-refractivity contribution in [1.29, 1.82) is 0 Å². The third kappa shape index (κ3) is 3.05. The second kappa shape index (κ2) is 6.83. The smallest absolute Gasteiger partial charge is 0.338 e. The van der Waals surface area contributed by atoms with E-state index in [1.807, 2.05) is 31.2 Å². The molecule has 0 bridgehead atoms. The van der Waals surface area contributed by atoms with E-state index >= 15 is 0 Å². The van der Waals surface area contributed by atoms with Gasteiger partial charge >= 0.3 is 5.97 Å². The highest BCUT2D eigenvalue weighted by Crippen LogP contribution is 2.28. The minimum Gasteiger partial charge on any atom is -0.449 e. The summed E-state index contributed by atoms with van der Waals surface area (Å²) in [6.45, 7) is 4.88. The van der Waals surface area contributed by atoms with Crippen molar-refractivity contribution in [2.45, 2.75) is 32.9 Å². The zero-order chi connectivity index (χ0) is 19.0. The van der Waals surface area contributed by atoms with Gasteiger partial charge in [-0.05, 0) is 50.1 Å². The van der Waals surface area contributed by atoms with Crippen molar-refractivity contribution in [1.82, 2.24) is 15.0 Å². The highest BCUT2D eigenvalue weighted by atomic mass is 16.5. The number of benzene rings is 2. The Kier molecular flexibility index (Phi) is 4.35. The molecule has 1 aliphatic heterocycles. The van der Waals surface area contributed by atoms with Crippen molar-refractivity contribution < 1.29 is 14.3 Å². The van der Waals surface area contributed by atoms with Gasteiger partial charge in [-0.2, -0.15) is 0 Å². The number of nitrogens with zero attached hydrogens (tertiary/aromatic N) is 4. The maximum Gasteiger partial charge on any atom is 0.338 e. The molecule has 1 atom stereocenters. The lowest BCUT2D eigenvalue weighted by Gasteiger charge is -2.21. The SMILES string of the molecule is CCn1nnc2cc(C(=O)O[C@H](C)C(=O)N3CCc4ccccc43)ccc21. The Morgan fingerprint density at radius 1 is 1.22 bits per heavy atom. The van der Waals surface area contributed by atoms with Gasteiger partial charge in [0.15, 0.2) is 6.10 Å². The molecule has 2 heterocycles. The summed E-state index contributed by atoms with van der Waals surface area (Å²) in [6.07, 6.45) is -0.0579. The van der Waals surface area contributed by atoms with Crippen molar-refractivity contribution in [2.75, 3.05) is 11.4 Å². The molecule has 0 fully saturated rings. The van der Waals surface area contributed by atoms with Gasteiger partial charge in [-0.25, -0.2) is 9.48 Å². The van der Waals surface area contributed by atoms with Crippen molar-refractivity contribution in [3.8, 4) is 0 Å². The van der Waals surface area contributed by atoms with E-state index in [1.165, 1.54) is 0 Å². The van der Waals surface area contributed by atoms with Gasteiger partial charge in [0, 0.05) is 18.8 Å². The molecule has 7 nitrogen and oxygen atoms in total. The molecule has 27 heavy (non-hydrogen) atoms. The van der Waals surface area contributed by atoms with Crippen LogP contribution >= 0.6 is 0 Å². The Labute approximate surface area is 156 Å². The van der Waals surface area contributed by atoms with Crippen LogP contribution in [0.15, 0.2) is 42.5 Å². The van der Waals surface area contributed by atoms with Crippen LogP contribution in [0.4, 0.5) is 5.69 Å². The quantitative estimate of drug-likeness (QED) is 0.665. The summed E-state index contributed by atoms with van der Waals surface area (Å²) >= 11 is 0. The number of anilines is 1. The number of fused-ring (bicyclic) bond motifs is 2. The molecule has 7 heteroatoms. The molecule has 0 unspecified atom stereocenters. The van der Waals surface area contributed by atoms with Crippen LogP contribution in [0.2, 0.25) is 0 Å². The Hall–Kier alpha value is -3.22. The number of carbonyl (C=O) groups is 2. The van der Waals surface area contributed by atoms with E-state index in [-0.39, 0.29) is 5.91 Å². The zero-order valence-electron chi connectivity index (χ0n) is 15.3. The average molecular weight is 364 g/mol. The summed E-state index contributed by atoms with van der Waals surface area (Å²) < 4.78 is 7.17. The molecule has 0 radical (unpaired) electrons. The number of hydrogen-bond donors (Lipinski definition) is 0. The third-order valence-electron chi connectivity index (χ3n) is 4.83. The third-order valence-corrected chi connectivity index (χ3v) is 4.83. The molecule has 4 rings (SSSR count). The lowest BCUT2D eigenvalue weighted by atomic mass is 10.2. The van der Waals surface area contributed by atoms with Crippen LogP contribution in [0.25, 0.3) is 11.0 Å². The number of ether oxygens (including phenoxy) is 1. The normalized spacial score (nSPS) is 14.2. The van der Waals surface area contributed by atoms with Crippen LogP contribution in [-0.2, 0) is 22.5 Å². The van der Waals surface area contributed by atoms with Gasteiger partial charge in [-0.3, -0.25) is 4.79 Å². The number of aromatic nitrogens is 3. The predicted molar refractivity (Wildman–Crippen MR) is 101 cm³/mol. The number of carbonyl (C=O) groups excluding carboxylic acids is 2. The van der Waals surface area contributed by atoms with Gasteiger partial charge in [-0.1, -0.05) is 23.4 Å². The molecule has 0 N–H and O–H groups in total. The Balaban J connectivity index is 1.48. The minimum absolute atomic E-state index is 0.216. The molecule has 0 saturated carbocycles. The van der Waals surface area contributed by atoms with Crippen molar-refractivity contribution in [3.05, 3.63) is 53.6 Å². The first-order chi connectivity index (χ1) is 13.1. The van der Waals surface area contributed by atoms with Gasteiger partial charge < -0.3 is 9.64 Å². The maximum absolute atomic E-state index is 12.8. The van der Waals surface area contributed by atoms with Crippen LogP contribution in [0.3, 0.4) is 0 Å². The molecule has 3 aromatic rings. The predicted octanol–water partition coefficient (Wildman–Crippen LogP) is 2.59. The van der Waals surface area contributed by atoms with Crippen LogP contribution < -0.4 is 4.90 Å². The molecule has 1 amide bonds. The van der Waals surface area contributed by atoms with Crippen LogP contribution in [0.5, 0.6) is 0 Å². The number of para-hydroxylation sites is 1. The van der Waals surface area contributed by atoms with Crippen molar-refractivity contribution in [2.24, 2.45) is 0 Å². The van der Waals surface area contributed by atoms with Crippen molar-refractivity contribution >= 4 is 28.6 Å². The lowest BCUT2D eigenvalue weighted by molar-refractivity contribution is -0.126. The first kappa shape index (κ1) is 17.2. The van der Waals surface area contributed by atoms with E-state index in [9.17, 15) is 9.59 Å². The summed E-state index contributed by atoms with van der Waals surface area (Å²) in [5.74, 6) is -0.761. The molecule has 0 aliphatic carbocycles. The molecule has 0 saturated heterocycles. The van der Waals surface area contributed by atoms with Gasteiger partial charge in [0.1, 0.15) is 5.52 Å². The summed E-state index contributed by atoms with van der Waals surface area (Å²) in [5, 5.41) is 8.10. The average Bonchev–Trinajstić information content (AvgIpc) is 3.30. The molecular weight excluding hydrogens is 344 g/mol. The number of aryl methyl sites for hydroxylation is 1. The fourth-order valence-corrected chi connectivity index (χ4v) is 3.40. The highest BCUT2D eigenvalue weighted by molar-refractivity contribution is 6.01. The van der Waals surface area contributed by atoms with Gasteiger partial charge in [-0.15, -0.1) is 5.10 Å². The topological polar surface area (TPSA) is 77.3 Å². The molecule has 0 spiro atoms. The van der Waals surface area contributed by atoms with E-state index in [1.54, 1.807) is 34.7 Å². The molecular formula is C20H20N4O3. The number of hydrogen-bond acceptors (Lipinski definition) is 5. The monoisotopic (exact) mass is 364 g/mol. The van der Waals surface area contributed by atoms with E-state index in [4.69, 9.17) is 4.74 Å². The second-order valence-electron chi connectivity index (χ2n) is 6.52. The second-order valence-corrected chi connectivity index (χ2v) is 6.52. The Morgan fingerprint density at radius 3 is 2.85 bits per heavy atom. The number of rotatable bonds is 4. The van der Waals surface area contributed by atoms with Gasteiger partial charge in [0.2, 0.25) is 0 Å². The van der Waals surface area contributed by atoms with Gasteiger partial charge in [0.25, 0.3) is 5.91 Å². The van der Waals surface area contributed by atoms with Crippen LogP contribution in [0.1, 0.15) is 29.8 Å². The molecule has 138 valence electrons. The molecule has 1 aliphatic rings. The van der Waals surface area contributed by atoms with E-state index in [0.29, 0.717) is 24.2 Å². The fraction of sp³-hybridized carbons (Fsp3) is 0.300. The zero-order valence-corrected chi connectivity index (χ0v) is 15.3. The largest absolute Gasteiger partial charge is 0.449 e. The highest BCUT2D eigenvalue weighted by Gasteiger charge is 2.30. The van der Waals surface area contributed by atoms with Crippen molar-refractivity contribution in [3.63, 3.8) is 0 Å². The fourth-order valence-electron chi connectivity index (χ4n) is 3.40. The number of amides is 1. The van der Waals surface area contributed by atoms with Crippen LogP contribution in [-0.4, -0.2) is 39.5 Å².